The Balaban J connectivity index is 1.84. The van der Waals surface area contributed by atoms with Gasteiger partial charge in [-0.25, -0.2) is 0 Å². The minimum absolute atomic E-state index is 0.0243. The van der Waals surface area contributed by atoms with Gasteiger partial charge < -0.3 is 10.6 Å². The molecule has 0 aromatic carbocycles. The molecule has 0 radical (unpaired) electrons. The number of likely N-dealkylation sites (tertiary alicyclic amines) is 2. The van der Waals surface area contributed by atoms with Gasteiger partial charge in [-0.1, -0.05) is 5.92 Å². The second kappa shape index (κ2) is 5.52. The average Bonchev–Trinajstić information content (AvgIpc) is 2.80. The van der Waals surface area contributed by atoms with E-state index < -0.39 is 0 Å². The summed E-state index contributed by atoms with van der Waals surface area (Å²) in [6.45, 7) is 5.54. The van der Waals surface area contributed by atoms with E-state index in [1.54, 1.807) is 6.92 Å². The van der Waals surface area contributed by atoms with Crippen LogP contribution >= 0.6 is 0 Å². The minimum Gasteiger partial charge on any atom is -0.330 e. The number of rotatable bonds is 1. The molecule has 2 saturated heterocycles. The Morgan fingerprint density at radius 2 is 1.94 bits per heavy atom. The van der Waals surface area contributed by atoms with Gasteiger partial charge in [0.2, 0.25) is 0 Å². The summed E-state index contributed by atoms with van der Waals surface area (Å²) in [6.07, 6.45) is 3.24. The van der Waals surface area contributed by atoms with Crippen LogP contribution in [0, 0.1) is 11.8 Å². The zero-order chi connectivity index (χ0) is 12.3. The van der Waals surface area contributed by atoms with Gasteiger partial charge in [-0.15, -0.1) is 0 Å². The maximum atomic E-state index is 11.6. The quantitative estimate of drug-likeness (QED) is 0.653. The summed E-state index contributed by atoms with van der Waals surface area (Å²) in [5.41, 5.74) is 5.90. The summed E-state index contributed by atoms with van der Waals surface area (Å²) in [5, 5.41) is 0. The van der Waals surface area contributed by atoms with Crippen molar-refractivity contribution in [1.29, 1.82) is 0 Å². The first-order valence-corrected chi connectivity index (χ1v) is 6.42. The summed E-state index contributed by atoms with van der Waals surface area (Å²) in [7, 11) is 0. The molecule has 2 aliphatic heterocycles. The van der Waals surface area contributed by atoms with Crippen LogP contribution < -0.4 is 5.73 Å². The molecule has 17 heavy (non-hydrogen) atoms. The molecule has 2 heterocycles. The highest BCUT2D eigenvalue weighted by Gasteiger charge is 2.31. The third-order valence-corrected chi connectivity index (χ3v) is 3.77. The molecule has 0 aromatic heterocycles. The number of piperidine rings is 1. The van der Waals surface area contributed by atoms with E-state index in [9.17, 15) is 4.79 Å². The van der Waals surface area contributed by atoms with Crippen molar-refractivity contribution in [3.8, 4) is 11.8 Å². The highest BCUT2D eigenvalue weighted by molar-refractivity contribution is 5.93. The van der Waals surface area contributed by atoms with Gasteiger partial charge in [-0.05, 0) is 45.2 Å². The van der Waals surface area contributed by atoms with Crippen molar-refractivity contribution in [2.75, 3.05) is 26.2 Å². The van der Waals surface area contributed by atoms with Crippen molar-refractivity contribution in [1.82, 2.24) is 9.80 Å². The minimum atomic E-state index is -0.0243. The standard InChI is InChI=1S/C13H21N3O/c1-2-3-13(17)16-9-6-12(10-16)15-7-4-11(14)5-8-15/h11-12H,4-10,14H2,1H3. The molecule has 2 N–H and O–H groups in total. The number of hydrogen-bond acceptors (Lipinski definition) is 3. The first-order chi connectivity index (χ1) is 8.20. The predicted molar refractivity (Wildman–Crippen MR) is 67.2 cm³/mol. The first kappa shape index (κ1) is 12.4. The molecule has 1 atom stereocenters. The van der Waals surface area contributed by atoms with E-state index in [1.165, 1.54) is 0 Å². The van der Waals surface area contributed by atoms with Crippen LogP contribution in [0.5, 0.6) is 0 Å². The lowest BCUT2D eigenvalue weighted by Gasteiger charge is -2.34. The fraction of sp³-hybridized carbons (Fsp3) is 0.769. The fourth-order valence-corrected chi connectivity index (χ4v) is 2.69. The first-order valence-electron chi connectivity index (χ1n) is 6.42. The number of carbonyl (C=O) groups excluding carboxylic acids is 1. The Bertz CT molecular complexity index is 336. The van der Waals surface area contributed by atoms with Crippen molar-refractivity contribution in [2.24, 2.45) is 5.73 Å². The number of nitrogens with zero attached hydrogens (tertiary/aromatic N) is 2. The van der Waals surface area contributed by atoms with E-state index in [0.717, 1.165) is 45.4 Å². The Kier molecular flexibility index (Phi) is 4.03. The Labute approximate surface area is 103 Å². The molecule has 0 saturated carbocycles. The summed E-state index contributed by atoms with van der Waals surface area (Å²) in [5.74, 6) is 5.27. The zero-order valence-corrected chi connectivity index (χ0v) is 10.5. The monoisotopic (exact) mass is 235 g/mol. The van der Waals surface area contributed by atoms with Gasteiger partial charge >= 0.3 is 0 Å². The van der Waals surface area contributed by atoms with Crippen LogP contribution in [-0.2, 0) is 4.79 Å². The number of hydrogen-bond donors (Lipinski definition) is 1. The molecule has 2 aliphatic rings. The van der Waals surface area contributed by atoms with Crippen molar-refractivity contribution in [3.05, 3.63) is 0 Å². The number of carbonyl (C=O) groups is 1. The summed E-state index contributed by atoms with van der Waals surface area (Å²) in [4.78, 5) is 16.0. The largest absolute Gasteiger partial charge is 0.330 e. The molecule has 0 spiro atoms. The van der Waals surface area contributed by atoms with Crippen LogP contribution in [0.25, 0.3) is 0 Å². The van der Waals surface area contributed by atoms with Gasteiger partial charge in [-0.3, -0.25) is 9.69 Å². The summed E-state index contributed by atoms with van der Waals surface area (Å²) < 4.78 is 0. The maximum Gasteiger partial charge on any atom is 0.298 e. The van der Waals surface area contributed by atoms with Crippen molar-refractivity contribution >= 4 is 5.91 Å². The predicted octanol–water partition coefficient (Wildman–Crippen LogP) is 0.0337. The normalized spacial score (nSPS) is 26.7. The SMILES string of the molecule is CC#CC(=O)N1CCC(N2CCC(N)CC2)C1. The van der Waals surface area contributed by atoms with E-state index in [0.29, 0.717) is 12.1 Å². The Morgan fingerprint density at radius 3 is 2.59 bits per heavy atom. The van der Waals surface area contributed by atoms with E-state index in [1.807, 2.05) is 4.90 Å². The number of nitrogens with two attached hydrogens (primary N) is 1. The maximum absolute atomic E-state index is 11.6. The molecular weight excluding hydrogens is 214 g/mol. The van der Waals surface area contributed by atoms with Crippen molar-refractivity contribution in [3.63, 3.8) is 0 Å². The van der Waals surface area contributed by atoms with E-state index in [-0.39, 0.29) is 5.91 Å². The topological polar surface area (TPSA) is 49.6 Å². The Morgan fingerprint density at radius 1 is 1.24 bits per heavy atom. The lowest BCUT2D eigenvalue weighted by molar-refractivity contribution is -0.124. The van der Waals surface area contributed by atoms with Crippen molar-refractivity contribution in [2.45, 2.75) is 38.3 Å². The third kappa shape index (κ3) is 2.99. The van der Waals surface area contributed by atoms with Crippen LogP contribution in [-0.4, -0.2) is 54.0 Å². The summed E-state index contributed by atoms with van der Waals surface area (Å²) in [6, 6.07) is 0.890. The molecule has 94 valence electrons. The van der Waals surface area contributed by atoms with Gasteiger partial charge in [0.1, 0.15) is 0 Å². The number of amides is 1. The van der Waals surface area contributed by atoms with Gasteiger partial charge in [0.05, 0.1) is 0 Å². The lowest BCUT2D eigenvalue weighted by Crippen LogP contribution is -2.46. The van der Waals surface area contributed by atoms with E-state index in [2.05, 4.69) is 16.7 Å². The van der Waals surface area contributed by atoms with Gasteiger partial charge in [0.25, 0.3) is 5.91 Å². The van der Waals surface area contributed by atoms with E-state index in [4.69, 9.17) is 5.73 Å². The van der Waals surface area contributed by atoms with Gasteiger partial charge in [-0.2, -0.15) is 0 Å². The fourth-order valence-electron chi connectivity index (χ4n) is 2.69. The zero-order valence-electron chi connectivity index (χ0n) is 10.5. The molecule has 1 unspecified atom stereocenters. The molecule has 2 rings (SSSR count). The Hall–Kier alpha value is -1.05. The molecule has 0 aromatic rings. The molecule has 0 aliphatic carbocycles. The van der Waals surface area contributed by atoms with Crippen LogP contribution in [0.3, 0.4) is 0 Å². The third-order valence-electron chi connectivity index (χ3n) is 3.77. The average molecular weight is 235 g/mol. The van der Waals surface area contributed by atoms with Crippen LogP contribution in [0.2, 0.25) is 0 Å². The lowest BCUT2D eigenvalue weighted by atomic mass is 10.0. The molecule has 1 amide bonds. The van der Waals surface area contributed by atoms with Gasteiger partial charge in [0.15, 0.2) is 0 Å². The highest BCUT2D eigenvalue weighted by Crippen LogP contribution is 2.19. The van der Waals surface area contributed by atoms with Gasteiger partial charge in [0, 0.05) is 25.2 Å². The smallest absolute Gasteiger partial charge is 0.298 e. The molecule has 4 nitrogen and oxygen atoms in total. The van der Waals surface area contributed by atoms with Crippen LogP contribution in [0.1, 0.15) is 26.2 Å². The second-order valence-electron chi connectivity index (χ2n) is 4.94. The summed E-state index contributed by atoms with van der Waals surface area (Å²) >= 11 is 0. The highest BCUT2D eigenvalue weighted by atomic mass is 16.2. The molecule has 2 fully saturated rings. The van der Waals surface area contributed by atoms with Crippen molar-refractivity contribution < 1.29 is 4.79 Å². The molecule has 0 bridgehead atoms. The molecular formula is C13H21N3O. The molecule has 4 heteroatoms. The second-order valence-corrected chi connectivity index (χ2v) is 4.94. The van der Waals surface area contributed by atoms with Crippen LogP contribution in [0.4, 0.5) is 0 Å². The van der Waals surface area contributed by atoms with E-state index >= 15 is 0 Å². The van der Waals surface area contributed by atoms with Crippen LogP contribution in [0.15, 0.2) is 0 Å².